The number of hydrogen-bond donors (Lipinski definition) is 0. The molecule has 43 heavy (non-hydrogen) atoms. The maximum Gasteiger partial charge on any atom is 2.00 e. The van der Waals surface area contributed by atoms with Crippen LogP contribution >= 0.6 is 0 Å². The Morgan fingerprint density at radius 1 is 0.349 bits per heavy atom. The molecule has 0 N–H and O–H groups in total. The smallest absolute Gasteiger partial charge is 0.550 e. The van der Waals surface area contributed by atoms with Crippen molar-refractivity contribution in [1.29, 1.82) is 0 Å². The molecule has 6 heteroatoms. The van der Waals surface area contributed by atoms with Gasteiger partial charge in [-0.15, -0.1) is 0 Å². The summed E-state index contributed by atoms with van der Waals surface area (Å²) in [4.78, 5) is 28.4. The van der Waals surface area contributed by atoms with Crippen LogP contribution in [-0.4, -0.2) is 56.5 Å². The molecule has 0 aromatic rings. The molecular weight excluding hydrogens is 564 g/mol. The first-order valence-electron chi connectivity index (χ1n) is 18.2. The fraction of sp³-hybridized carbons (Fsp3) is 0.919. The standard InChI is InChI=1S/2C18H36O2.CH2O.Ca/c2*1-2-3-4-5-6-7-8-9-10-11-12-13-14-15-16-17-18(19)20;1-2;/h2*2-17H2,1H3,(H,19,20);1H2;/q;;;+2/p-2. The summed E-state index contributed by atoms with van der Waals surface area (Å²) >= 11 is 0. The van der Waals surface area contributed by atoms with Gasteiger partial charge in [-0.1, -0.05) is 194 Å². The van der Waals surface area contributed by atoms with Crippen molar-refractivity contribution in [3.63, 3.8) is 0 Å². The van der Waals surface area contributed by atoms with Gasteiger partial charge < -0.3 is 24.6 Å². The van der Waals surface area contributed by atoms with Crippen molar-refractivity contribution in [2.75, 3.05) is 0 Å². The second-order valence-electron chi connectivity index (χ2n) is 12.1. The van der Waals surface area contributed by atoms with Crippen molar-refractivity contribution in [3.8, 4) is 0 Å². The van der Waals surface area contributed by atoms with E-state index >= 15 is 0 Å². The molecule has 0 unspecified atom stereocenters. The van der Waals surface area contributed by atoms with E-state index in [0.29, 0.717) is 0 Å². The van der Waals surface area contributed by atoms with Crippen LogP contribution in [0.4, 0.5) is 0 Å². The van der Waals surface area contributed by atoms with Gasteiger partial charge >= 0.3 is 37.7 Å². The minimum Gasteiger partial charge on any atom is -0.550 e. The first-order valence-corrected chi connectivity index (χ1v) is 18.2. The third-order valence-corrected chi connectivity index (χ3v) is 7.97. The van der Waals surface area contributed by atoms with Gasteiger partial charge in [0.25, 0.3) is 0 Å². The van der Waals surface area contributed by atoms with Gasteiger partial charge in [-0.3, -0.25) is 0 Å². The first-order chi connectivity index (χ1) is 20.5. The molecule has 0 bridgehead atoms. The second-order valence-corrected chi connectivity index (χ2v) is 12.1. The monoisotopic (exact) mass is 637 g/mol. The molecule has 0 atom stereocenters. The van der Waals surface area contributed by atoms with Crippen molar-refractivity contribution >= 4 is 56.5 Å². The minimum atomic E-state index is -0.903. The number of hydrogen-bond acceptors (Lipinski definition) is 5. The zero-order chi connectivity index (χ0) is 31.8. The Bertz CT molecular complexity index is 471. The zero-order valence-corrected chi connectivity index (χ0v) is 31.3. The van der Waals surface area contributed by atoms with Crippen molar-refractivity contribution in [1.82, 2.24) is 0 Å². The van der Waals surface area contributed by atoms with E-state index in [-0.39, 0.29) is 50.6 Å². The first kappa shape index (κ1) is 49.7. The van der Waals surface area contributed by atoms with Crippen molar-refractivity contribution in [2.45, 2.75) is 219 Å². The number of carboxylic acids is 2. The zero-order valence-electron chi connectivity index (χ0n) is 29.1. The molecule has 0 rings (SSSR count). The minimum absolute atomic E-state index is 0. The predicted octanol–water partition coefficient (Wildman–Crippen LogP) is 9.43. The fourth-order valence-electron chi connectivity index (χ4n) is 5.28. The van der Waals surface area contributed by atoms with E-state index in [1.165, 1.54) is 167 Å². The van der Waals surface area contributed by atoms with Crippen LogP contribution in [0.25, 0.3) is 0 Å². The van der Waals surface area contributed by atoms with Crippen molar-refractivity contribution in [3.05, 3.63) is 0 Å². The molecule has 0 aliphatic carbocycles. The number of carbonyl (C=O) groups is 3. The quantitative estimate of drug-likeness (QED) is 0.0541. The van der Waals surface area contributed by atoms with Crippen LogP contribution in [0.3, 0.4) is 0 Å². The Morgan fingerprint density at radius 2 is 0.488 bits per heavy atom. The van der Waals surface area contributed by atoms with Crippen LogP contribution in [0, 0.1) is 0 Å². The van der Waals surface area contributed by atoms with Crippen LogP contribution in [0.2, 0.25) is 0 Å². The fourth-order valence-corrected chi connectivity index (χ4v) is 5.28. The van der Waals surface area contributed by atoms with Gasteiger partial charge in [0, 0.05) is 11.9 Å². The van der Waals surface area contributed by atoms with Gasteiger partial charge in [-0.05, 0) is 25.7 Å². The van der Waals surface area contributed by atoms with Gasteiger partial charge in [0.1, 0.15) is 6.79 Å². The van der Waals surface area contributed by atoms with E-state index in [4.69, 9.17) is 4.79 Å². The van der Waals surface area contributed by atoms with Crippen LogP contribution in [0.5, 0.6) is 0 Å². The van der Waals surface area contributed by atoms with Crippen molar-refractivity contribution in [2.24, 2.45) is 0 Å². The summed E-state index contributed by atoms with van der Waals surface area (Å²) in [7, 11) is 0. The molecule has 252 valence electrons. The SMILES string of the molecule is C=O.CCCCCCCCCCCCCCCCCC(=O)[O-].CCCCCCCCCCCCCCCCCC(=O)[O-].[Ca+2]. The normalized spacial score (nSPS) is 10.2. The number of rotatable bonds is 32. The predicted molar refractivity (Wildman–Crippen MR) is 182 cm³/mol. The number of carbonyl (C=O) groups excluding carboxylic acids is 3. The van der Waals surface area contributed by atoms with Gasteiger partial charge in [0.15, 0.2) is 0 Å². The molecule has 0 aliphatic rings. The van der Waals surface area contributed by atoms with Gasteiger partial charge in [-0.25, -0.2) is 0 Å². The molecule has 0 saturated carbocycles. The molecule has 5 nitrogen and oxygen atoms in total. The summed E-state index contributed by atoms with van der Waals surface area (Å²) in [6.45, 7) is 6.53. The molecular formula is C37H72CaO5. The van der Waals surface area contributed by atoms with Crippen molar-refractivity contribution < 1.29 is 24.6 Å². The van der Waals surface area contributed by atoms with Gasteiger partial charge in [0.05, 0.1) is 0 Å². The van der Waals surface area contributed by atoms with E-state index < -0.39 is 11.9 Å². The largest absolute Gasteiger partial charge is 2.00 e. The number of carboxylic acid groups (broad SMARTS) is 2. The van der Waals surface area contributed by atoms with E-state index in [9.17, 15) is 19.8 Å². The van der Waals surface area contributed by atoms with E-state index in [2.05, 4.69) is 13.8 Å². The molecule has 0 amide bonds. The molecule has 0 radical (unpaired) electrons. The van der Waals surface area contributed by atoms with E-state index in [1.54, 1.807) is 0 Å². The Kier molecular flexibility index (Phi) is 56.4. The summed E-state index contributed by atoms with van der Waals surface area (Å²) in [5.74, 6) is -1.81. The van der Waals surface area contributed by atoms with Crippen LogP contribution in [-0.2, 0) is 14.4 Å². The molecule has 0 aromatic carbocycles. The molecule has 0 fully saturated rings. The Labute approximate surface area is 298 Å². The summed E-state index contributed by atoms with van der Waals surface area (Å²) in [5, 5.41) is 20.4. The maximum atomic E-state index is 10.2. The van der Waals surface area contributed by atoms with Gasteiger partial charge in [-0.2, -0.15) is 0 Å². The van der Waals surface area contributed by atoms with Crippen LogP contribution in [0.1, 0.15) is 219 Å². The number of aliphatic carboxylic acids is 2. The Balaban J connectivity index is -0.000000327. The van der Waals surface area contributed by atoms with Crippen LogP contribution in [0.15, 0.2) is 0 Å². The average molecular weight is 637 g/mol. The van der Waals surface area contributed by atoms with Gasteiger partial charge in [0.2, 0.25) is 0 Å². The third kappa shape index (κ3) is 58.0. The molecule has 0 aliphatic heterocycles. The molecule has 0 saturated heterocycles. The Morgan fingerprint density at radius 3 is 0.628 bits per heavy atom. The van der Waals surface area contributed by atoms with E-state index in [0.717, 1.165) is 25.7 Å². The summed E-state index contributed by atoms with van der Waals surface area (Å²) in [6, 6.07) is 0. The Hall–Kier alpha value is -0.130. The maximum absolute atomic E-state index is 10.2. The average Bonchev–Trinajstić information content (AvgIpc) is 2.98. The summed E-state index contributed by atoms with van der Waals surface area (Å²) in [5.41, 5.74) is 0. The van der Waals surface area contributed by atoms with Crippen LogP contribution < -0.4 is 10.2 Å². The summed E-state index contributed by atoms with van der Waals surface area (Å²) < 4.78 is 0. The number of unbranched alkanes of at least 4 members (excludes halogenated alkanes) is 28. The molecule has 0 heterocycles. The summed E-state index contributed by atoms with van der Waals surface area (Å²) in [6.07, 6.45) is 39.7. The molecule has 0 aromatic heterocycles. The second kappa shape index (κ2) is 48.8. The van der Waals surface area contributed by atoms with E-state index in [1.807, 2.05) is 6.79 Å². The third-order valence-electron chi connectivity index (χ3n) is 7.97. The topological polar surface area (TPSA) is 97.3 Å². The molecule has 0 spiro atoms.